The highest BCUT2D eigenvalue weighted by molar-refractivity contribution is 6.17. The van der Waals surface area contributed by atoms with Gasteiger partial charge < -0.3 is 14.5 Å². The minimum absolute atomic E-state index is 0.0449. The summed E-state index contributed by atoms with van der Waals surface area (Å²) in [5.74, 6) is 1.48. The summed E-state index contributed by atoms with van der Waals surface area (Å²) in [6, 6.07) is 99.5. The maximum Gasteiger partial charge on any atom is 0.159 e. The highest BCUT2D eigenvalue weighted by Gasteiger charge is 2.51. The third-order valence-electron chi connectivity index (χ3n) is 17.7. The summed E-state index contributed by atoms with van der Waals surface area (Å²) in [4.78, 5) is 15.4. The van der Waals surface area contributed by atoms with Crippen LogP contribution in [0.4, 0.5) is 0 Å². The molecule has 0 fully saturated rings. The first-order valence-electron chi connectivity index (χ1n) is 28.1. The van der Waals surface area contributed by atoms with Crippen molar-refractivity contribution in [3.8, 4) is 11.4 Å². The number of para-hydroxylation sites is 2. The van der Waals surface area contributed by atoms with Crippen LogP contribution in [0.15, 0.2) is 288 Å². The highest BCUT2D eigenvalue weighted by Crippen LogP contribution is 2.60. The Balaban J connectivity index is 0.931. The van der Waals surface area contributed by atoms with E-state index in [1.807, 2.05) is 24.3 Å². The average molecular weight is 1040 g/mol. The minimum atomic E-state index is -0.620. The standard InChI is InChI=1S/C75H54N6/c1-74(53-32-14-6-15-33-53)60-43-45-64-66(58-39-19-21-41-62(58)81(64)56-37-23-31-52(47-56)73-78-71(49-26-10-4-11-27-49)77-72(79-73)50-28-12-5-13-29-50)68(60)75(2,54-34-16-7-17-35-54)59-42-44-63-65(67(59)74)57-38-18-20-40-61(57)80(63)55-36-22-30-51(46-55)70-69(76-70)48-24-8-3-9-25-48/h3-47,70-71H,1-2H3,(H,77,78,79)/t70-,71?,74?,75?/m0/s1. The number of hydrogen-bond donors (Lipinski definition) is 1. The van der Waals surface area contributed by atoms with Crippen molar-refractivity contribution in [1.29, 1.82) is 0 Å². The predicted molar refractivity (Wildman–Crippen MR) is 333 cm³/mol. The Bertz CT molecular complexity index is 4750. The Labute approximate surface area is 470 Å². The Kier molecular flexibility index (Phi) is 10.5. The molecule has 13 aromatic rings. The lowest BCUT2D eigenvalue weighted by atomic mass is 9.54. The summed E-state index contributed by atoms with van der Waals surface area (Å²) < 4.78 is 4.97. The molecule has 6 heteroatoms. The molecule has 0 radical (unpaired) electrons. The molecule has 0 spiro atoms. The molecule has 2 aromatic heterocycles. The Morgan fingerprint density at radius 3 is 1.41 bits per heavy atom. The second-order valence-corrected chi connectivity index (χ2v) is 22.1. The van der Waals surface area contributed by atoms with Crippen molar-refractivity contribution in [3.05, 3.63) is 334 Å². The van der Waals surface area contributed by atoms with Crippen molar-refractivity contribution in [2.45, 2.75) is 36.9 Å². The summed E-state index contributed by atoms with van der Waals surface area (Å²) in [5, 5.41) is 8.70. The molecule has 3 aliphatic rings. The number of aliphatic imine (C=N–C) groups is 3. The monoisotopic (exact) mass is 1040 g/mol. The fourth-order valence-corrected chi connectivity index (χ4v) is 13.9. The van der Waals surface area contributed by atoms with Crippen LogP contribution in [-0.2, 0) is 10.8 Å². The zero-order chi connectivity index (χ0) is 53.8. The molecule has 6 nitrogen and oxygen atoms in total. The average Bonchev–Trinajstić information content (AvgIpc) is 4.21. The molecule has 384 valence electrons. The normalized spacial score (nSPS) is 19.2. The Hall–Kier alpha value is -10.2. The second kappa shape index (κ2) is 18.2. The van der Waals surface area contributed by atoms with Crippen LogP contribution in [0.1, 0.15) is 87.3 Å². The number of nitrogens with one attached hydrogen (secondary N) is 1. The molecule has 16 rings (SSSR count). The molecule has 11 aromatic carbocycles. The lowest BCUT2D eigenvalue weighted by Crippen LogP contribution is -2.41. The second-order valence-electron chi connectivity index (χ2n) is 22.1. The van der Waals surface area contributed by atoms with Gasteiger partial charge in [-0.2, -0.15) is 0 Å². The third kappa shape index (κ3) is 7.16. The van der Waals surface area contributed by atoms with Gasteiger partial charge in [0.15, 0.2) is 5.84 Å². The first kappa shape index (κ1) is 46.9. The largest absolute Gasteiger partial charge is 0.344 e. The molecule has 0 bridgehead atoms. The molecular formula is C75H54N6. The van der Waals surface area contributed by atoms with Crippen molar-refractivity contribution >= 4 is 61.0 Å². The van der Waals surface area contributed by atoms with Crippen LogP contribution >= 0.6 is 0 Å². The van der Waals surface area contributed by atoms with Crippen LogP contribution in [0.3, 0.4) is 0 Å². The lowest BCUT2D eigenvalue weighted by molar-refractivity contribution is 0.577. The first-order valence-corrected chi connectivity index (χ1v) is 28.1. The quantitative estimate of drug-likeness (QED) is 0.154. The summed E-state index contributed by atoms with van der Waals surface area (Å²) in [7, 11) is 0. The SMILES string of the molecule is CC1(c2ccccc2)c2ccc3c(c2C(C)(c2ccccc2)c2ccc4c(c21)c1ccccc1n4-c1cccc(C2=NC(c4ccccc4)=NC(c4ccccc4)N2)c1)c1ccccc1n3-c1cccc([C@@H]2N=C2c2ccccc2)c1. The number of hydrogen-bond acceptors (Lipinski definition) is 4. The molecule has 0 saturated heterocycles. The topological polar surface area (TPSA) is 59.0 Å². The molecule has 4 atom stereocenters. The number of rotatable bonds is 9. The summed E-state index contributed by atoms with van der Waals surface area (Å²) in [5.41, 5.74) is 19.9. The van der Waals surface area contributed by atoms with Crippen LogP contribution < -0.4 is 5.32 Å². The summed E-state index contributed by atoms with van der Waals surface area (Å²) in [6.07, 6.45) is -0.310. The van der Waals surface area contributed by atoms with Crippen LogP contribution in [0.25, 0.3) is 55.0 Å². The van der Waals surface area contributed by atoms with E-state index in [4.69, 9.17) is 15.0 Å². The van der Waals surface area contributed by atoms with E-state index in [1.54, 1.807) is 0 Å². The van der Waals surface area contributed by atoms with Crippen molar-refractivity contribution in [1.82, 2.24) is 14.5 Å². The molecular weight excluding hydrogens is 985 g/mol. The molecule has 2 aliphatic heterocycles. The number of amidine groups is 2. The van der Waals surface area contributed by atoms with Gasteiger partial charge in [-0.1, -0.05) is 224 Å². The number of fused-ring (bicyclic) bond motifs is 10. The van der Waals surface area contributed by atoms with E-state index in [0.29, 0.717) is 5.84 Å². The van der Waals surface area contributed by atoms with Gasteiger partial charge in [0.05, 0.1) is 27.8 Å². The number of aromatic nitrogens is 2. The molecule has 1 N–H and O–H groups in total. The van der Waals surface area contributed by atoms with Gasteiger partial charge in [0.1, 0.15) is 18.0 Å². The van der Waals surface area contributed by atoms with Gasteiger partial charge in [0.2, 0.25) is 0 Å². The number of nitrogens with zero attached hydrogens (tertiary/aromatic N) is 5. The van der Waals surface area contributed by atoms with E-state index in [-0.39, 0.29) is 12.2 Å². The van der Waals surface area contributed by atoms with E-state index in [2.05, 4.69) is 277 Å². The van der Waals surface area contributed by atoms with E-state index < -0.39 is 10.8 Å². The number of benzene rings is 11. The zero-order valence-electron chi connectivity index (χ0n) is 44.9. The molecule has 1 aliphatic carbocycles. The van der Waals surface area contributed by atoms with Crippen LogP contribution in [0.2, 0.25) is 0 Å². The van der Waals surface area contributed by atoms with Gasteiger partial charge in [0, 0.05) is 54.9 Å². The van der Waals surface area contributed by atoms with Gasteiger partial charge in [-0.05, 0) is 112 Å². The Morgan fingerprint density at radius 2 is 0.840 bits per heavy atom. The lowest BCUT2D eigenvalue weighted by Gasteiger charge is -2.48. The molecule has 81 heavy (non-hydrogen) atoms. The van der Waals surface area contributed by atoms with Crippen molar-refractivity contribution in [3.63, 3.8) is 0 Å². The smallest absolute Gasteiger partial charge is 0.159 e. The molecule has 3 unspecified atom stereocenters. The van der Waals surface area contributed by atoms with Crippen molar-refractivity contribution < 1.29 is 0 Å². The third-order valence-corrected chi connectivity index (χ3v) is 17.7. The summed E-state index contributed by atoms with van der Waals surface area (Å²) in [6.45, 7) is 4.99. The van der Waals surface area contributed by atoms with Gasteiger partial charge in [-0.25, -0.2) is 9.98 Å². The minimum Gasteiger partial charge on any atom is -0.344 e. The molecule has 4 heterocycles. The summed E-state index contributed by atoms with van der Waals surface area (Å²) >= 11 is 0. The molecule has 0 amide bonds. The maximum atomic E-state index is 5.25. The van der Waals surface area contributed by atoms with E-state index in [9.17, 15) is 0 Å². The van der Waals surface area contributed by atoms with Crippen molar-refractivity contribution in [2.75, 3.05) is 0 Å². The van der Waals surface area contributed by atoms with Crippen molar-refractivity contribution in [2.24, 2.45) is 15.0 Å². The first-order chi connectivity index (χ1) is 39.9. The molecule has 0 saturated carbocycles. The van der Waals surface area contributed by atoms with Gasteiger partial charge in [-0.15, -0.1) is 0 Å². The fourth-order valence-electron chi connectivity index (χ4n) is 13.9. The van der Waals surface area contributed by atoms with E-state index in [0.717, 1.165) is 50.6 Å². The van der Waals surface area contributed by atoms with Gasteiger partial charge in [-0.3, -0.25) is 4.99 Å². The van der Waals surface area contributed by atoms with E-state index in [1.165, 1.54) is 77.1 Å². The van der Waals surface area contributed by atoms with Gasteiger partial charge in [0.25, 0.3) is 0 Å². The predicted octanol–water partition coefficient (Wildman–Crippen LogP) is 16.9. The fraction of sp³-hybridized carbons (Fsp3) is 0.0800. The van der Waals surface area contributed by atoms with Crippen LogP contribution in [-0.4, -0.2) is 26.5 Å². The Morgan fingerprint density at radius 1 is 0.383 bits per heavy atom. The zero-order valence-corrected chi connectivity index (χ0v) is 44.9. The maximum absolute atomic E-state index is 5.25. The van der Waals surface area contributed by atoms with Gasteiger partial charge >= 0.3 is 0 Å². The highest BCUT2D eigenvalue weighted by atomic mass is 15.2. The van der Waals surface area contributed by atoms with Crippen LogP contribution in [0.5, 0.6) is 0 Å². The van der Waals surface area contributed by atoms with Crippen LogP contribution in [0, 0.1) is 0 Å². The van der Waals surface area contributed by atoms with E-state index >= 15 is 0 Å².